The van der Waals surface area contributed by atoms with Gasteiger partial charge in [-0.05, 0) is 64.2 Å². The zero-order valence-corrected chi connectivity index (χ0v) is 37.1. The Morgan fingerprint density at radius 3 is 1.43 bits per heavy atom. The molecule has 0 radical (unpaired) electrons. The van der Waals surface area contributed by atoms with Gasteiger partial charge in [-0.2, -0.15) is 0 Å². The van der Waals surface area contributed by atoms with Gasteiger partial charge in [0.2, 0.25) is 5.91 Å². The average Bonchev–Trinajstić information content (AvgIpc) is 3.12. The van der Waals surface area contributed by atoms with Crippen LogP contribution in [-0.2, 0) is 18.4 Å². The minimum atomic E-state index is -4.32. The first kappa shape index (κ1) is 53.0. The van der Waals surface area contributed by atoms with Gasteiger partial charge in [0, 0.05) is 6.42 Å². The van der Waals surface area contributed by atoms with Crippen LogP contribution >= 0.6 is 7.82 Å². The number of hydrogen-bond acceptors (Lipinski definition) is 5. The standard InChI is InChI=1S/C45H89N2O6P/c1-6-8-10-12-14-16-18-20-22-23-25-26-28-30-32-34-36-38-44(48)43(42-53-54(50,51)52-41-40-47(3,4)5)46-45(49)39-37-35-33-31-29-27-24-21-19-17-15-13-11-9-7-2/h21,24,28,30,43-44,48H,6-20,22-23,25-27,29,31-42H2,1-5H3,(H-,46,49,50,51)/p+1/b24-21+,30-28+/t43-,44+/m0/s1. The van der Waals surface area contributed by atoms with Crippen molar-refractivity contribution in [3.05, 3.63) is 24.3 Å². The van der Waals surface area contributed by atoms with Crippen molar-refractivity contribution >= 4 is 13.7 Å². The van der Waals surface area contributed by atoms with Gasteiger partial charge in [0.15, 0.2) is 0 Å². The molecule has 0 saturated heterocycles. The number of amides is 1. The number of allylic oxidation sites excluding steroid dienone is 4. The Morgan fingerprint density at radius 2 is 1.00 bits per heavy atom. The molecule has 3 atom stereocenters. The zero-order chi connectivity index (χ0) is 40.0. The summed E-state index contributed by atoms with van der Waals surface area (Å²) in [6.07, 6.45) is 43.5. The zero-order valence-electron chi connectivity index (χ0n) is 36.2. The van der Waals surface area contributed by atoms with Gasteiger partial charge in [0.25, 0.3) is 0 Å². The van der Waals surface area contributed by atoms with Crippen molar-refractivity contribution in [1.29, 1.82) is 0 Å². The first-order valence-electron chi connectivity index (χ1n) is 22.7. The number of carbonyl (C=O) groups is 1. The predicted octanol–water partition coefficient (Wildman–Crippen LogP) is 12.5. The van der Waals surface area contributed by atoms with E-state index in [-0.39, 0.29) is 19.1 Å². The molecule has 3 N–H and O–H groups in total. The molecule has 1 unspecified atom stereocenters. The summed E-state index contributed by atoms with van der Waals surface area (Å²) in [7, 11) is 1.59. The van der Waals surface area contributed by atoms with Gasteiger partial charge < -0.3 is 19.8 Å². The SMILES string of the molecule is CCCCCCCC/C=C/CCCCCCCC(=O)N[C@@H](COP(=O)(O)OCC[N+](C)(C)C)[C@H](O)CCCC/C=C/CCCCCCCCCCCCC. The third-order valence-corrected chi connectivity index (χ3v) is 11.2. The number of aliphatic hydroxyl groups is 1. The second-order valence-electron chi connectivity index (χ2n) is 16.8. The Labute approximate surface area is 334 Å². The van der Waals surface area contributed by atoms with Crippen molar-refractivity contribution < 1.29 is 32.9 Å². The van der Waals surface area contributed by atoms with Crippen LogP contribution < -0.4 is 5.32 Å². The average molecular weight is 786 g/mol. The molecule has 0 saturated carbocycles. The van der Waals surface area contributed by atoms with Gasteiger partial charge in [0.05, 0.1) is 39.9 Å². The van der Waals surface area contributed by atoms with E-state index in [1.165, 1.54) is 122 Å². The highest BCUT2D eigenvalue weighted by Gasteiger charge is 2.28. The van der Waals surface area contributed by atoms with Crippen LogP contribution in [0.2, 0.25) is 0 Å². The lowest BCUT2D eigenvalue weighted by Gasteiger charge is -2.26. The van der Waals surface area contributed by atoms with Crippen LogP contribution in [0.5, 0.6) is 0 Å². The number of nitrogens with zero attached hydrogens (tertiary/aromatic N) is 1. The molecule has 0 aliphatic rings. The Kier molecular flexibility index (Phi) is 36.8. The van der Waals surface area contributed by atoms with E-state index in [0.29, 0.717) is 23.9 Å². The molecule has 0 aliphatic carbocycles. The van der Waals surface area contributed by atoms with E-state index in [2.05, 4.69) is 43.5 Å². The molecule has 0 rings (SSSR count). The molecule has 0 aromatic heterocycles. The van der Waals surface area contributed by atoms with Crippen LogP contribution in [0.25, 0.3) is 0 Å². The molecular weight excluding hydrogens is 695 g/mol. The number of aliphatic hydroxyl groups excluding tert-OH is 1. The summed E-state index contributed by atoms with van der Waals surface area (Å²) in [6, 6.07) is -0.778. The summed E-state index contributed by atoms with van der Waals surface area (Å²) in [5.41, 5.74) is 0. The molecule has 320 valence electrons. The predicted molar refractivity (Wildman–Crippen MR) is 231 cm³/mol. The molecule has 0 aliphatic heterocycles. The summed E-state index contributed by atoms with van der Waals surface area (Å²) in [6.45, 7) is 4.86. The molecule has 0 bridgehead atoms. The molecule has 0 aromatic carbocycles. The van der Waals surface area contributed by atoms with E-state index < -0.39 is 20.0 Å². The molecule has 0 fully saturated rings. The van der Waals surface area contributed by atoms with Crippen LogP contribution in [0.4, 0.5) is 0 Å². The van der Waals surface area contributed by atoms with Gasteiger partial charge in [-0.1, -0.05) is 160 Å². The highest BCUT2D eigenvalue weighted by molar-refractivity contribution is 7.47. The number of hydrogen-bond donors (Lipinski definition) is 3. The molecule has 54 heavy (non-hydrogen) atoms. The second-order valence-corrected chi connectivity index (χ2v) is 18.2. The van der Waals surface area contributed by atoms with Crippen LogP contribution in [0.3, 0.4) is 0 Å². The quantitative estimate of drug-likeness (QED) is 0.0247. The summed E-state index contributed by atoms with van der Waals surface area (Å²) in [5.74, 6) is -0.163. The van der Waals surface area contributed by atoms with Gasteiger partial charge in [0.1, 0.15) is 13.2 Å². The smallest absolute Gasteiger partial charge is 0.391 e. The summed E-state index contributed by atoms with van der Waals surface area (Å²) < 4.78 is 23.6. The second kappa shape index (κ2) is 37.6. The Hall–Kier alpha value is -1.02. The fourth-order valence-corrected chi connectivity index (χ4v) is 7.24. The fourth-order valence-electron chi connectivity index (χ4n) is 6.50. The Morgan fingerprint density at radius 1 is 0.611 bits per heavy atom. The van der Waals surface area contributed by atoms with Gasteiger partial charge in [-0.25, -0.2) is 4.57 Å². The molecule has 0 spiro atoms. The molecule has 0 aromatic rings. The van der Waals surface area contributed by atoms with E-state index in [0.717, 1.165) is 57.8 Å². The van der Waals surface area contributed by atoms with E-state index in [9.17, 15) is 19.4 Å². The van der Waals surface area contributed by atoms with Gasteiger partial charge >= 0.3 is 7.82 Å². The molecule has 8 nitrogen and oxygen atoms in total. The first-order valence-corrected chi connectivity index (χ1v) is 24.2. The number of unbranched alkanes of at least 4 members (excludes halogenated alkanes) is 24. The number of phosphoric acid groups is 1. The lowest BCUT2D eigenvalue weighted by atomic mass is 10.0. The van der Waals surface area contributed by atoms with Crippen LogP contribution in [-0.4, -0.2) is 73.4 Å². The molecule has 0 heterocycles. The highest BCUT2D eigenvalue weighted by atomic mass is 31.2. The summed E-state index contributed by atoms with van der Waals surface area (Å²) in [5, 5.41) is 13.9. The number of carbonyl (C=O) groups excluding carboxylic acids is 1. The maximum atomic E-state index is 12.9. The van der Waals surface area contributed by atoms with E-state index in [1.54, 1.807) is 0 Å². The number of quaternary nitrogens is 1. The van der Waals surface area contributed by atoms with Crippen molar-refractivity contribution in [3.8, 4) is 0 Å². The fraction of sp³-hybridized carbons (Fsp3) is 0.889. The maximum absolute atomic E-state index is 12.9. The largest absolute Gasteiger partial charge is 0.472 e. The lowest BCUT2D eigenvalue weighted by Crippen LogP contribution is -2.46. The van der Waals surface area contributed by atoms with Crippen molar-refractivity contribution in [2.45, 2.75) is 219 Å². The van der Waals surface area contributed by atoms with E-state index >= 15 is 0 Å². The highest BCUT2D eigenvalue weighted by Crippen LogP contribution is 2.43. The minimum Gasteiger partial charge on any atom is -0.391 e. The van der Waals surface area contributed by atoms with Gasteiger partial charge in [-0.3, -0.25) is 13.8 Å². The summed E-state index contributed by atoms with van der Waals surface area (Å²) in [4.78, 5) is 23.1. The topological polar surface area (TPSA) is 105 Å². The van der Waals surface area contributed by atoms with Crippen LogP contribution in [0, 0.1) is 0 Å². The van der Waals surface area contributed by atoms with E-state index in [4.69, 9.17) is 9.05 Å². The summed E-state index contributed by atoms with van der Waals surface area (Å²) >= 11 is 0. The van der Waals surface area contributed by atoms with Crippen LogP contribution in [0.1, 0.15) is 206 Å². The third kappa shape index (κ3) is 39.2. The number of nitrogens with one attached hydrogen (secondary N) is 1. The van der Waals surface area contributed by atoms with Crippen molar-refractivity contribution in [1.82, 2.24) is 5.32 Å². The molecule has 9 heteroatoms. The van der Waals surface area contributed by atoms with Crippen LogP contribution in [0.15, 0.2) is 24.3 Å². The van der Waals surface area contributed by atoms with Gasteiger partial charge in [-0.15, -0.1) is 0 Å². The first-order chi connectivity index (χ1) is 26.0. The minimum absolute atomic E-state index is 0.0686. The molecular formula is C45H90N2O6P+. The number of likely N-dealkylation sites (N-methyl/N-ethyl adjacent to an activating group) is 1. The lowest BCUT2D eigenvalue weighted by molar-refractivity contribution is -0.870. The van der Waals surface area contributed by atoms with Crippen molar-refractivity contribution in [3.63, 3.8) is 0 Å². The van der Waals surface area contributed by atoms with E-state index in [1.807, 2.05) is 21.1 Å². The maximum Gasteiger partial charge on any atom is 0.472 e. The Bertz CT molecular complexity index is 938. The number of rotatable bonds is 41. The Balaban J connectivity index is 4.41. The monoisotopic (exact) mass is 786 g/mol. The number of phosphoric ester groups is 1. The molecule has 1 amide bonds. The van der Waals surface area contributed by atoms with Crippen molar-refractivity contribution in [2.24, 2.45) is 0 Å². The third-order valence-electron chi connectivity index (χ3n) is 10.2. The van der Waals surface area contributed by atoms with Crippen molar-refractivity contribution in [2.75, 3.05) is 40.9 Å². The normalized spacial score (nSPS) is 14.6.